The van der Waals surface area contributed by atoms with Crippen LogP contribution in [0.1, 0.15) is 44.1 Å². The van der Waals surface area contributed by atoms with Gasteiger partial charge in [0.2, 0.25) is 0 Å². The van der Waals surface area contributed by atoms with Crippen molar-refractivity contribution in [2.45, 2.75) is 56.8 Å². The fourth-order valence-corrected chi connectivity index (χ4v) is 3.32. The molecule has 0 atom stereocenters. The average Bonchev–Trinajstić information content (AvgIpc) is 3.13. The Morgan fingerprint density at radius 3 is 2.74 bits per heavy atom. The molecule has 1 aromatic carbocycles. The molecule has 2 aliphatic rings. The maximum absolute atomic E-state index is 6.33. The van der Waals surface area contributed by atoms with Gasteiger partial charge in [0.05, 0.1) is 12.2 Å². The fourth-order valence-electron chi connectivity index (χ4n) is 2.87. The molecular weight excluding hydrogens is 302 g/mol. The molecule has 3 rings (SSSR count). The van der Waals surface area contributed by atoms with Crippen LogP contribution < -0.4 is 5.32 Å². The van der Waals surface area contributed by atoms with Crippen LogP contribution in [0, 0.1) is 0 Å². The van der Waals surface area contributed by atoms with Gasteiger partial charge in [-0.2, -0.15) is 0 Å². The van der Waals surface area contributed by atoms with Crippen molar-refractivity contribution in [2.75, 3.05) is 6.54 Å². The first-order valence-electron chi connectivity index (χ1n) is 7.38. The van der Waals surface area contributed by atoms with Gasteiger partial charge in [-0.25, -0.2) is 0 Å². The van der Waals surface area contributed by atoms with E-state index in [9.17, 15) is 0 Å². The van der Waals surface area contributed by atoms with E-state index >= 15 is 0 Å². The molecule has 1 N–H and O–H groups in total. The normalized spacial score (nSPS) is 21.7. The van der Waals surface area contributed by atoms with E-state index in [2.05, 4.69) is 45.5 Å². The Balaban J connectivity index is 1.57. The average molecular weight is 324 g/mol. The lowest BCUT2D eigenvalue weighted by atomic mass is 10.0. The summed E-state index contributed by atoms with van der Waals surface area (Å²) in [4.78, 5) is 0. The van der Waals surface area contributed by atoms with Crippen molar-refractivity contribution >= 4 is 15.9 Å². The zero-order valence-corrected chi connectivity index (χ0v) is 12.9. The fraction of sp³-hybridized carbons (Fsp3) is 0.625. The standard InChI is InChI=1S/C16H22BrNO/c17-14-5-3-4-13(10-14)11-19-16(8-1-2-9-16)12-18-15-6-7-15/h3-5,10,15,18H,1-2,6-9,11-12H2. The number of nitrogens with one attached hydrogen (secondary N) is 1. The molecule has 0 heterocycles. The second kappa shape index (κ2) is 5.94. The molecule has 0 aromatic heterocycles. The van der Waals surface area contributed by atoms with Gasteiger partial charge >= 0.3 is 0 Å². The molecule has 3 heteroatoms. The molecule has 2 aliphatic carbocycles. The van der Waals surface area contributed by atoms with Crippen molar-refractivity contribution in [3.63, 3.8) is 0 Å². The summed E-state index contributed by atoms with van der Waals surface area (Å²) in [6, 6.07) is 9.20. The third-order valence-electron chi connectivity index (χ3n) is 4.24. The smallest absolute Gasteiger partial charge is 0.0810 e. The first-order chi connectivity index (χ1) is 9.26. The molecule has 0 spiro atoms. The minimum absolute atomic E-state index is 0.0882. The van der Waals surface area contributed by atoms with E-state index in [-0.39, 0.29) is 5.60 Å². The van der Waals surface area contributed by atoms with Gasteiger partial charge in [0.25, 0.3) is 0 Å². The van der Waals surface area contributed by atoms with E-state index in [0.29, 0.717) is 0 Å². The van der Waals surface area contributed by atoms with Gasteiger partial charge in [-0.05, 0) is 43.4 Å². The van der Waals surface area contributed by atoms with Gasteiger partial charge in [-0.15, -0.1) is 0 Å². The summed E-state index contributed by atoms with van der Waals surface area (Å²) >= 11 is 3.52. The lowest BCUT2D eigenvalue weighted by Crippen LogP contribution is -2.41. The molecule has 104 valence electrons. The van der Waals surface area contributed by atoms with E-state index < -0.39 is 0 Å². The number of benzene rings is 1. The van der Waals surface area contributed by atoms with Gasteiger partial charge < -0.3 is 10.1 Å². The Kier molecular flexibility index (Phi) is 4.25. The van der Waals surface area contributed by atoms with Crippen molar-refractivity contribution in [3.05, 3.63) is 34.3 Å². The third kappa shape index (κ3) is 3.80. The monoisotopic (exact) mass is 323 g/mol. The van der Waals surface area contributed by atoms with Crippen LogP contribution in [-0.2, 0) is 11.3 Å². The molecule has 1 aromatic rings. The van der Waals surface area contributed by atoms with Crippen molar-refractivity contribution < 1.29 is 4.74 Å². The first-order valence-corrected chi connectivity index (χ1v) is 8.17. The zero-order chi connectivity index (χ0) is 13.1. The van der Waals surface area contributed by atoms with Crippen LogP contribution in [0.15, 0.2) is 28.7 Å². The highest BCUT2D eigenvalue weighted by Crippen LogP contribution is 2.34. The van der Waals surface area contributed by atoms with Gasteiger partial charge in [-0.3, -0.25) is 0 Å². The molecule has 0 bridgehead atoms. The van der Waals surface area contributed by atoms with Crippen LogP contribution in [-0.4, -0.2) is 18.2 Å². The van der Waals surface area contributed by atoms with Gasteiger partial charge in [-0.1, -0.05) is 40.9 Å². The molecule has 0 radical (unpaired) electrons. The topological polar surface area (TPSA) is 21.3 Å². The van der Waals surface area contributed by atoms with Crippen LogP contribution in [0.3, 0.4) is 0 Å². The highest BCUT2D eigenvalue weighted by molar-refractivity contribution is 9.10. The summed E-state index contributed by atoms with van der Waals surface area (Å²) in [7, 11) is 0. The molecular formula is C16H22BrNO. The molecule has 19 heavy (non-hydrogen) atoms. The summed E-state index contributed by atoms with van der Waals surface area (Å²) in [5.74, 6) is 0. The lowest BCUT2D eigenvalue weighted by Gasteiger charge is -2.30. The summed E-state index contributed by atoms with van der Waals surface area (Å²) in [6.45, 7) is 1.76. The lowest BCUT2D eigenvalue weighted by molar-refractivity contribution is -0.0506. The number of ether oxygens (including phenoxy) is 1. The number of rotatable bonds is 6. The highest BCUT2D eigenvalue weighted by Gasteiger charge is 2.36. The van der Waals surface area contributed by atoms with Gasteiger partial charge in [0, 0.05) is 17.1 Å². The van der Waals surface area contributed by atoms with Crippen molar-refractivity contribution in [2.24, 2.45) is 0 Å². The predicted octanol–water partition coefficient (Wildman–Crippen LogP) is 4.03. The van der Waals surface area contributed by atoms with Crippen LogP contribution in [0.5, 0.6) is 0 Å². The second-order valence-electron chi connectivity index (χ2n) is 5.96. The number of hydrogen-bond donors (Lipinski definition) is 1. The minimum atomic E-state index is 0.0882. The minimum Gasteiger partial charge on any atom is -0.369 e. The molecule has 0 saturated heterocycles. The van der Waals surface area contributed by atoms with Crippen LogP contribution in [0.2, 0.25) is 0 Å². The van der Waals surface area contributed by atoms with Crippen molar-refractivity contribution in [1.82, 2.24) is 5.32 Å². The van der Waals surface area contributed by atoms with Crippen LogP contribution in [0.4, 0.5) is 0 Å². The number of halogens is 1. The molecule has 0 amide bonds. The molecule has 0 aliphatic heterocycles. The largest absolute Gasteiger partial charge is 0.369 e. The quantitative estimate of drug-likeness (QED) is 0.853. The van der Waals surface area contributed by atoms with Crippen molar-refractivity contribution in [3.8, 4) is 0 Å². The first kappa shape index (κ1) is 13.6. The Bertz CT molecular complexity index is 425. The van der Waals surface area contributed by atoms with E-state index in [0.717, 1.165) is 23.7 Å². The maximum atomic E-state index is 6.33. The maximum Gasteiger partial charge on any atom is 0.0810 e. The summed E-state index contributed by atoms with van der Waals surface area (Å²) in [5.41, 5.74) is 1.34. The summed E-state index contributed by atoms with van der Waals surface area (Å²) in [5, 5.41) is 3.65. The van der Waals surface area contributed by atoms with Gasteiger partial charge in [0.15, 0.2) is 0 Å². The van der Waals surface area contributed by atoms with Crippen LogP contribution in [0.25, 0.3) is 0 Å². The predicted molar refractivity (Wildman–Crippen MR) is 81.2 cm³/mol. The summed E-state index contributed by atoms with van der Waals surface area (Å²) in [6.07, 6.45) is 7.74. The zero-order valence-electron chi connectivity index (χ0n) is 11.3. The highest BCUT2D eigenvalue weighted by atomic mass is 79.9. The number of hydrogen-bond acceptors (Lipinski definition) is 2. The summed E-state index contributed by atoms with van der Waals surface area (Å²) < 4.78 is 7.46. The second-order valence-corrected chi connectivity index (χ2v) is 6.88. The van der Waals surface area contributed by atoms with Gasteiger partial charge in [0.1, 0.15) is 0 Å². The SMILES string of the molecule is Brc1cccc(COC2(CNC3CC3)CCCC2)c1. The van der Waals surface area contributed by atoms with E-state index in [1.54, 1.807) is 0 Å². The Labute approximate surface area is 124 Å². The Morgan fingerprint density at radius 1 is 1.26 bits per heavy atom. The van der Waals surface area contributed by atoms with E-state index in [4.69, 9.17) is 4.74 Å². The van der Waals surface area contributed by atoms with Crippen LogP contribution >= 0.6 is 15.9 Å². The van der Waals surface area contributed by atoms with E-state index in [1.807, 2.05) is 0 Å². The third-order valence-corrected chi connectivity index (χ3v) is 4.73. The Hall–Kier alpha value is -0.380. The van der Waals surface area contributed by atoms with E-state index in [1.165, 1.54) is 44.1 Å². The Morgan fingerprint density at radius 2 is 2.05 bits per heavy atom. The molecule has 2 fully saturated rings. The molecule has 2 nitrogen and oxygen atoms in total. The van der Waals surface area contributed by atoms with Crippen molar-refractivity contribution in [1.29, 1.82) is 0 Å². The molecule has 0 unspecified atom stereocenters. The molecule has 2 saturated carbocycles.